The predicted molar refractivity (Wildman–Crippen MR) is 110 cm³/mol. The van der Waals surface area contributed by atoms with Crippen molar-refractivity contribution in [3.63, 3.8) is 0 Å². The Morgan fingerprint density at radius 3 is 2.83 bits per heavy atom. The van der Waals surface area contributed by atoms with E-state index in [1.54, 1.807) is 18.3 Å². The summed E-state index contributed by atoms with van der Waals surface area (Å²) >= 11 is 1.62. The molecule has 3 rings (SSSR count). The Morgan fingerprint density at radius 2 is 2.17 bits per heavy atom. The highest BCUT2D eigenvalue weighted by Gasteiger charge is 2.44. The molecular formula is C21H27F2N3O2S. The third-order valence-electron chi connectivity index (χ3n) is 5.21. The van der Waals surface area contributed by atoms with Crippen LogP contribution < -0.4 is 4.90 Å². The average molecular weight is 424 g/mol. The summed E-state index contributed by atoms with van der Waals surface area (Å²) in [4.78, 5) is 22.6. The van der Waals surface area contributed by atoms with Crippen molar-refractivity contribution in [2.24, 2.45) is 5.41 Å². The van der Waals surface area contributed by atoms with Gasteiger partial charge in [0.25, 0.3) is 0 Å². The van der Waals surface area contributed by atoms with Gasteiger partial charge in [-0.2, -0.15) is 0 Å². The topological polar surface area (TPSA) is 45.7 Å². The maximum absolute atomic E-state index is 14.3. The molecule has 29 heavy (non-hydrogen) atoms. The molecule has 1 aromatic carbocycles. The van der Waals surface area contributed by atoms with Crippen molar-refractivity contribution in [3.8, 4) is 0 Å². The molecule has 8 heteroatoms. The fourth-order valence-electron chi connectivity index (χ4n) is 3.86. The summed E-state index contributed by atoms with van der Waals surface area (Å²) in [7, 11) is 3.90. The van der Waals surface area contributed by atoms with E-state index in [4.69, 9.17) is 4.74 Å². The molecule has 0 radical (unpaired) electrons. The number of likely N-dealkylation sites (tertiary alicyclic amines) is 1. The van der Waals surface area contributed by atoms with Crippen molar-refractivity contribution in [2.45, 2.75) is 32.7 Å². The van der Waals surface area contributed by atoms with E-state index in [0.29, 0.717) is 25.1 Å². The third kappa shape index (κ3) is 5.11. The van der Waals surface area contributed by atoms with Gasteiger partial charge in [0.2, 0.25) is 0 Å². The maximum atomic E-state index is 14.3. The monoisotopic (exact) mass is 423 g/mol. The fraction of sp³-hybridized carbons (Fsp3) is 0.524. The molecule has 1 atom stereocenters. The van der Waals surface area contributed by atoms with Crippen molar-refractivity contribution < 1.29 is 18.3 Å². The molecule has 0 N–H and O–H groups in total. The van der Waals surface area contributed by atoms with Gasteiger partial charge in [-0.1, -0.05) is 6.07 Å². The zero-order valence-corrected chi connectivity index (χ0v) is 17.9. The summed E-state index contributed by atoms with van der Waals surface area (Å²) in [6.45, 7) is 4.04. The van der Waals surface area contributed by atoms with Gasteiger partial charge in [0.1, 0.15) is 11.6 Å². The molecular weight excluding hydrogens is 396 g/mol. The van der Waals surface area contributed by atoms with Crippen LogP contribution in [0.4, 0.5) is 13.9 Å². The molecule has 1 fully saturated rings. The fourth-order valence-corrected chi connectivity index (χ4v) is 4.73. The van der Waals surface area contributed by atoms with Crippen molar-refractivity contribution in [1.29, 1.82) is 0 Å². The second-order valence-electron chi connectivity index (χ2n) is 7.73. The van der Waals surface area contributed by atoms with Gasteiger partial charge in [-0.25, -0.2) is 13.8 Å². The number of nitrogens with zero attached hydrogens (tertiary/aromatic N) is 3. The lowest BCUT2D eigenvalue weighted by atomic mass is 9.75. The first-order valence-corrected chi connectivity index (χ1v) is 10.6. The largest absolute Gasteiger partial charge is 0.466 e. The zero-order valence-electron chi connectivity index (χ0n) is 17.1. The van der Waals surface area contributed by atoms with Crippen LogP contribution in [-0.4, -0.2) is 49.6 Å². The lowest BCUT2D eigenvalue weighted by Gasteiger charge is -2.41. The third-order valence-corrected chi connectivity index (χ3v) is 6.36. The van der Waals surface area contributed by atoms with Gasteiger partial charge in [0.05, 0.1) is 12.0 Å². The molecule has 2 aromatic rings. The highest BCUT2D eigenvalue weighted by Crippen LogP contribution is 2.37. The van der Waals surface area contributed by atoms with Crippen LogP contribution in [0.25, 0.3) is 0 Å². The van der Waals surface area contributed by atoms with E-state index in [2.05, 4.69) is 9.88 Å². The van der Waals surface area contributed by atoms with Gasteiger partial charge in [0.15, 0.2) is 5.13 Å². The van der Waals surface area contributed by atoms with Crippen molar-refractivity contribution >= 4 is 22.4 Å². The first-order valence-electron chi connectivity index (χ1n) is 9.78. The van der Waals surface area contributed by atoms with E-state index in [1.807, 2.05) is 25.2 Å². The van der Waals surface area contributed by atoms with E-state index in [9.17, 15) is 13.6 Å². The molecule has 2 heterocycles. The zero-order chi connectivity index (χ0) is 21.0. The number of hydrogen-bond donors (Lipinski definition) is 0. The molecule has 0 saturated carbocycles. The van der Waals surface area contributed by atoms with Crippen molar-refractivity contribution in [1.82, 2.24) is 9.88 Å². The molecule has 5 nitrogen and oxygen atoms in total. The standard InChI is InChI=1S/C21H27F2N3O2S/c1-4-28-19(27)21(11-15-6-7-16(22)10-18(15)23)8-5-9-26(14-21)13-17-12-24-20(29-17)25(2)3/h6-7,10,12H,4-5,8-9,11,13-14H2,1-3H3/t21-/m1/s1. The van der Waals surface area contributed by atoms with Gasteiger partial charge in [-0.15, -0.1) is 11.3 Å². The number of anilines is 1. The summed E-state index contributed by atoms with van der Waals surface area (Å²) in [5.74, 6) is -1.56. The summed E-state index contributed by atoms with van der Waals surface area (Å²) in [6, 6.07) is 3.53. The van der Waals surface area contributed by atoms with E-state index < -0.39 is 17.0 Å². The molecule has 0 bridgehead atoms. The summed E-state index contributed by atoms with van der Waals surface area (Å²) in [6.07, 6.45) is 3.48. The SMILES string of the molecule is CCOC(=O)[C@@]1(Cc2ccc(F)cc2F)CCCN(Cc2cnc(N(C)C)s2)C1. The van der Waals surface area contributed by atoms with E-state index >= 15 is 0 Å². The molecule has 1 aliphatic heterocycles. The van der Waals surface area contributed by atoms with E-state index in [-0.39, 0.29) is 19.0 Å². The van der Waals surface area contributed by atoms with Crippen LogP contribution in [0.3, 0.4) is 0 Å². The Hall–Kier alpha value is -2.06. The van der Waals surface area contributed by atoms with Crippen molar-refractivity contribution in [3.05, 3.63) is 46.5 Å². The number of carbonyl (C=O) groups is 1. The molecule has 1 saturated heterocycles. The first-order chi connectivity index (χ1) is 13.8. The number of hydrogen-bond acceptors (Lipinski definition) is 6. The van der Waals surface area contributed by atoms with Crippen LogP contribution in [0.15, 0.2) is 24.4 Å². The Balaban J connectivity index is 1.82. The molecule has 0 aliphatic carbocycles. The number of carbonyl (C=O) groups excluding carboxylic acids is 1. The minimum atomic E-state index is -0.845. The smallest absolute Gasteiger partial charge is 0.313 e. The number of esters is 1. The number of halogens is 2. The van der Waals surface area contributed by atoms with Gasteiger partial charge < -0.3 is 9.64 Å². The van der Waals surface area contributed by atoms with Crippen LogP contribution in [0.2, 0.25) is 0 Å². The van der Waals surface area contributed by atoms with Crippen molar-refractivity contribution in [2.75, 3.05) is 38.7 Å². The second kappa shape index (κ2) is 9.17. The number of aromatic nitrogens is 1. The normalized spacial score (nSPS) is 19.9. The average Bonchev–Trinajstić information content (AvgIpc) is 3.13. The van der Waals surface area contributed by atoms with E-state index in [1.165, 1.54) is 12.1 Å². The molecule has 0 spiro atoms. The Kier molecular flexibility index (Phi) is 6.85. The quantitative estimate of drug-likeness (QED) is 0.633. The van der Waals surface area contributed by atoms with Crippen LogP contribution in [0.5, 0.6) is 0 Å². The van der Waals surface area contributed by atoms with E-state index in [0.717, 1.165) is 29.0 Å². The summed E-state index contributed by atoms with van der Waals surface area (Å²) < 4.78 is 33.0. The molecule has 158 valence electrons. The Bertz CT molecular complexity index is 858. The number of ether oxygens (including phenoxy) is 1. The predicted octanol–water partition coefficient (Wildman–Crippen LogP) is 3.88. The number of piperidine rings is 1. The highest BCUT2D eigenvalue weighted by atomic mass is 32.1. The van der Waals surface area contributed by atoms with Gasteiger partial charge in [0, 0.05) is 44.3 Å². The van der Waals surface area contributed by atoms with Gasteiger partial charge >= 0.3 is 5.97 Å². The molecule has 0 unspecified atom stereocenters. The lowest BCUT2D eigenvalue weighted by molar-refractivity contribution is -0.159. The highest BCUT2D eigenvalue weighted by molar-refractivity contribution is 7.15. The van der Waals surface area contributed by atoms with Crippen LogP contribution in [0.1, 0.15) is 30.2 Å². The molecule has 1 aliphatic rings. The van der Waals surface area contributed by atoms with Crippen LogP contribution in [-0.2, 0) is 22.5 Å². The number of rotatable bonds is 7. The number of thiazole rings is 1. The number of benzene rings is 1. The summed E-state index contributed by atoms with van der Waals surface area (Å²) in [5.41, 5.74) is -0.504. The lowest BCUT2D eigenvalue weighted by Crippen LogP contribution is -2.49. The molecule has 1 aromatic heterocycles. The second-order valence-corrected chi connectivity index (χ2v) is 8.82. The Morgan fingerprint density at radius 1 is 1.38 bits per heavy atom. The minimum Gasteiger partial charge on any atom is -0.466 e. The van der Waals surface area contributed by atoms with Gasteiger partial charge in [-0.05, 0) is 44.4 Å². The minimum absolute atomic E-state index is 0.195. The van der Waals surface area contributed by atoms with Crippen LogP contribution >= 0.6 is 11.3 Å². The first kappa shape index (κ1) is 21.6. The maximum Gasteiger partial charge on any atom is 0.313 e. The summed E-state index contributed by atoms with van der Waals surface area (Å²) in [5, 5.41) is 0.932. The van der Waals surface area contributed by atoms with Crippen LogP contribution in [0, 0.1) is 17.0 Å². The molecule has 0 amide bonds. The van der Waals surface area contributed by atoms with Gasteiger partial charge in [-0.3, -0.25) is 9.69 Å². The Labute approximate surface area is 174 Å².